The van der Waals surface area contributed by atoms with E-state index >= 15 is 0 Å². The number of ether oxygens (including phenoxy) is 2. The molecule has 2 heterocycles. The van der Waals surface area contributed by atoms with Crippen molar-refractivity contribution in [2.75, 3.05) is 20.3 Å². The summed E-state index contributed by atoms with van der Waals surface area (Å²) in [6.45, 7) is 3.99. The van der Waals surface area contributed by atoms with E-state index in [9.17, 15) is 4.79 Å². The summed E-state index contributed by atoms with van der Waals surface area (Å²) in [5.41, 5.74) is 0.877. The van der Waals surface area contributed by atoms with E-state index in [0.29, 0.717) is 31.1 Å². The van der Waals surface area contributed by atoms with Crippen LogP contribution in [-0.2, 0) is 24.2 Å². The van der Waals surface area contributed by atoms with E-state index in [0.717, 1.165) is 30.2 Å². The number of fused-ring (bicyclic) bond motifs is 1. The first-order chi connectivity index (χ1) is 13.7. The van der Waals surface area contributed by atoms with E-state index in [1.807, 2.05) is 25.1 Å². The minimum absolute atomic E-state index is 0.135. The SMILES string of the molecule is CCOc1cc(/C=C/C(=O)NCCc2nnc3n2CCCCC3)ccc1OC. The first-order valence-corrected chi connectivity index (χ1v) is 9.89. The highest BCUT2D eigenvalue weighted by molar-refractivity contribution is 5.91. The highest BCUT2D eigenvalue weighted by Gasteiger charge is 2.14. The first-order valence-electron chi connectivity index (χ1n) is 9.89. The van der Waals surface area contributed by atoms with Gasteiger partial charge in [0.1, 0.15) is 11.6 Å². The van der Waals surface area contributed by atoms with Gasteiger partial charge in [0.05, 0.1) is 13.7 Å². The van der Waals surface area contributed by atoms with Gasteiger partial charge in [-0.15, -0.1) is 10.2 Å². The van der Waals surface area contributed by atoms with Crippen molar-refractivity contribution < 1.29 is 14.3 Å². The number of nitrogens with zero attached hydrogens (tertiary/aromatic N) is 3. The molecule has 0 bridgehead atoms. The third-order valence-corrected chi connectivity index (χ3v) is 4.75. The Balaban J connectivity index is 1.52. The molecule has 3 rings (SSSR count). The third kappa shape index (κ3) is 5.12. The Labute approximate surface area is 165 Å². The molecule has 0 radical (unpaired) electrons. The van der Waals surface area contributed by atoms with Crippen LogP contribution in [0, 0.1) is 0 Å². The molecule has 0 unspecified atom stereocenters. The van der Waals surface area contributed by atoms with Gasteiger partial charge in [-0.05, 0) is 43.5 Å². The number of hydrogen-bond donors (Lipinski definition) is 1. The van der Waals surface area contributed by atoms with Crippen molar-refractivity contribution in [2.45, 2.75) is 45.6 Å². The number of methoxy groups -OCH3 is 1. The lowest BCUT2D eigenvalue weighted by molar-refractivity contribution is -0.116. The predicted octanol–water partition coefficient (Wildman–Crippen LogP) is 2.78. The van der Waals surface area contributed by atoms with Gasteiger partial charge >= 0.3 is 0 Å². The minimum atomic E-state index is -0.135. The lowest BCUT2D eigenvalue weighted by Gasteiger charge is -2.09. The van der Waals surface area contributed by atoms with Crippen molar-refractivity contribution in [3.05, 3.63) is 41.5 Å². The average Bonchev–Trinajstić information content (AvgIpc) is 2.93. The molecule has 0 saturated heterocycles. The molecule has 7 nitrogen and oxygen atoms in total. The Morgan fingerprint density at radius 2 is 2.14 bits per heavy atom. The summed E-state index contributed by atoms with van der Waals surface area (Å²) in [7, 11) is 1.61. The maximum Gasteiger partial charge on any atom is 0.244 e. The second kappa shape index (κ2) is 9.92. The van der Waals surface area contributed by atoms with Crippen molar-refractivity contribution in [3.8, 4) is 11.5 Å². The monoisotopic (exact) mass is 384 g/mol. The highest BCUT2D eigenvalue weighted by Crippen LogP contribution is 2.28. The van der Waals surface area contributed by atoms with Crippen LogP contribution in [0.2, 0.25) is 0 Å². The largest absolute Gasteiger partial charge is 0.493 e. The van der Waals surface area contributed by atoms with Gasteiger partial charge in [0.15, 0.2) is 11.5 Å². The van der Waals surface area contributed by atoms with Crippen molar-refractivity contribution >= 4 is 12.0 Å². The van der Waals surface area contributed by atoms with E-state index in [4.69, 9.17) is 9.47 Å². The molecule has 1 amide bonds. The van der Waals surface area contributed by atoms with Gasteiger partial charge in [-0.3, -0.25) is 4.79 Å². The fourth-order valence-electron chi connectivity index (χ4n) is 3.32. The fraction of sp³-hybridized carbons (Fsp3) is 0.476. The molecular formula is C21H28N4O3. The molecule has 7 heteroatoms. The summed E-state index contributed by atoms with van der Waals surface area (Å²) < 4.78 is 13.0. The number of benzene rings is 1. The molecule has 0 saturated carbocycles. The zero-order valence-corrected chi connectivity index (χ0v) is 16.6. The lowest BCUT2D eigenvalue weighted by Crippen LogP contribution is -2.24. The van der Waals surface area contributed by atoms with E-state index in [2.05, 4.69) is 20.1 Å². The lowest BCUT2D eigenvalue weighted by atomic mass is 10.2. The van der Waals surface area contributed by atoms with Gasteiger partial charge in [0.25, 0.3) is 0 Å². The number of carbonyl (C=O) groups excluding carboxylic acids is 1. The minimum Gasteiger partial charge on any atom is -0.493 e. The number of nitrogens with one attached hydrogen (secondary N) is 1. The predicted molar refractivity (Wildman–Crippen MR) is 107 cm³/mol. The molecule has 28 heavy (non-hydrogen) atoms. The van der Waals surface area contributed by atoms with Gasteiger partial charge in [-0.25, -0.2) is 0 Å². The van der Waals surface area contributed by atoms with Crippen molar-refractivity contribution in [1.29, 1.82) is 0 Å². The summed E-state index contributed by atoms with van der Waals surface area (Å²) in [5, 5.41) is 11.5. The zero-order valence-electron chi connectivity index (χ0n) is 16.6. The van der Waals surface area contributed by atoms with Crippen LogP contribution in [0.15, 0.2) is 24.3 Å². The van der Waals surface area contributed by atoms with Crippen LogP contribution < -0.4 is 14.8 Å². The van der Waals surface area contributed by atoms with Crippen LogP contribution in [0.25, 0.3) is 6.08 Å². The van der Waals surface area contributed by atoms with Crippen LogP contribution in [0.3, 0.4) is 0 Å². The Morgan fingerprint density at radius 1 is 1.25 bits per heavy atom. The summed E-state index contributed by atoms with van der Waals surface area (Å²) >= 11 is 0. The topological polar surface area (TPSA) is 78.3 Å². The fourth-order valence-corrected chi connectivity index (χ4v) is 3.32. The Hall–Kier alpha value is -2.83. The van der Waals surface area contributed by atoms with Crippen molar-refractivity contribution in [1.82, 2.24) is 20.1 Å². The number of rotatable bonds is 8. The molecule has 1 aliphatic rings. The number of aryl methyl sites for hydroxylation is 1. The summed E-state index contributed by atoms with van der Waals surface area (Å²) in [4.78, 5) is 12.1. The molecular weight excluding hydrogens is 356 g/mol. The van der Waals surface area contributed by atoms with E-state index in [-0.39, 0.29) is 5.91 Å². The number of amides is 1. The molecule has 1 aliphatic heterocycles. The molecule has 0 atom stereocenters. The van der Waals surface area contributed by atoms with Crippen molar-refractivity contribution in [2.24, 2.45) is 0 Å². The van der Waals surface area contributed by atoms with Gasteiger partial charge in [-0.1, -0.05) is 12.5 Å². The standard InChI is InChI=1S/C21H28N4O3/c1-3-28-18-15-16(8-10-17(18)27-2)9-11-21(26)22-13-12-20-24-23-19-7-5-4-6-14-25(19)20/h8-11,15H,3-7,12-14H2,1-2H3,(H,22,26)/b11-9+. The van der Waals surface area contributed by atoms with Crippen LogP contribution >= 0.6 is 0 Å². The van der Waals surface area contributed by atoms with E-state index in [1.54, 1.807) is 13.2 Å². The van der Waals surface area contributed by atoms with Gasteiger partial charge < -0.3 is 19.4 Å². The third-order valence-electron chi connectivity index (χ3n) is 4.75. The average molecular weight is 384 g/mol. The summed E-state index contributed by atoms with van der Waals surface area (Å²) in [6.07, 6.45) is 8.55. The Kier molecular flexibility index (Phi) is 7.06. The van der Waals surface area contributed by atoms with Gasteiger partial charge in [0, 0.05) is 32.0 Å². The maximum absolute atomic E-state index is 12.1. The molecule has 0 fully saturated rings. The van der Waals surface area contributed by atoms with Crippen LogP contribution in [-0.4, -0.2) is 40.9 Å². The van der Waals surface area contributed by atoms with Crippen LogP contribution in [0.1, 0.15) is 43.4 Å². The molecule has 0 spiro atoms. The number of aromatic nitrogens is 3. The van der Waals surface area contributed by atoms with Crippen LogP contribution in [0.4, 0.5) is 0 Å². The normalized spacial score (nSPS) is 13.8. The van der Waals surface area contributed by atoms with Gasteiger partial charge in [0.2, 0.25) is 5.91 Å². The molecule has 150 valence electrons. The molecule has 1 aromatic carbocycles. The van der Waals surface area contributed by atoms with Crippen LogP contribution in [0.5, 0.6) is 11.5 Å². The van der Waals surface area contributed by atoms with Crippen molar-refractivity contribution in [3.63, 3.8) is 0 Å². The van der Waals surface area contributed by atoms with E-state index in [1.165, 1.54) is 25.3 Å². The molecule has 1 N–H and O–H groups in total. The molecule has 1 aromatic heterocycles. The second-order valence-corrected chi connectivity index (χ2v) is 6.71. The highest BCUT2D eigenvalue weighted by atomic mass is 16.5. The Bertz CT molecular complexity index is 829. The van der Waals surface area contributed by atoms with Gasteiger partial charge in [-0.2, -0.15) is 0 Å². The Morgan fingerprint density at radius 3 is 2.96 bits per heavy atom. The smallest absolute Gasteiger partial charge is 0.244 e. The maximum atomic E-state index is 12.1. The number of hydrogen-bond acceptors (Lipinski definition) is 5. The quantitative estimate of drug-likeness (QED) is 0.708. The molecule has 0 aliphatic carbocycles. The summed E-state index contributed by atoms with van der Waals surface area (Å²) in [6, 6.07) is 5.58. The number of carbonyl (C=O) groups is 1. The summed E-state index contributed by atoms with van der Waals surface area (Å²) in [5.74, 6) is 3.24. The van der Waals surface area contributed by atoms with E-state index < -0.39 is 0 Å². The molecule has 2 aromatic rings. The first kappa shape index (κ1) is 19.9. The second-order valence-electron chi connectivity index (χ2n) is 6.71. The zero-order chi connectivity index (χ0) is 19.8.